The zero-order chi connectivity index (χ0) is 19.1. The van der Waals surface area contributed by atoms with Gasteiger partial charge in [-0.2, -0.15) is 0 Å². The molecule has 0 saturated heterocycles. The molecule has 0 amide bonds. The van der Waals surface area contributed by atoms with Gasteiger partial charge in [0, 0.05) is 17.7 Å². The number of carbonyl (C=O) groups excluding carboxylic acids is 1. The Bertz CT molecular complexity index is 1320. The molecule has 4 aromatic rings. The number of ether oxygens (including phenoxy) is 1. The van der Waals surface area contributed by atoms with Crippen molar-refractivity contribution < 1.29 is 18.4 Å². The van der Waals surface area contributed by atoms with E-state index in [0.29, 0.717) is 27.9 Å². The minimum absolute atomic E-state index is 0.0860. The summed E-state index contributed by atoms with van der Waals surface area (Å²) in [6.45, 7) is 1.67. The van der Waals surface area contributed by atoms with Crippen molar-refractivity contribution in [3.8, 4) is 5.75 Å². The highest BCUT2D eigenvalue weighted by Gasteiger charge is 2.19. The lowest BCUT2D eigenvalue weighted by Crippen LogP contribution is -2.15. The second kappa shape index (κ2) is 6.25. The van der Waals surface area contributed by atoms with Gasteiger partial charge in [0.25, 0.3) is 0 Å². The summed E-state index contributed by atoms with van der Waals surface area (Å²) < 4.78 is 16.6. The maximum atomic E-state index is 12.8. The molecule has 0 unspecified atom stereocenters. The summed E-state index contributed by atoms with van der Waals surface area (Å²) in [7, 11) is 1.43. The Balaban J connectivity index is 2.07. The van der Waals surface area contributed by atoms with Crippen LogP contribution in [0, 0.1) is 12.3 Å². The van der Waals surface area contributed by atoms with Crippen molar-refractivity contribution in [2.45, 2.75) is 6.92 Å². The third-order valence-corrected chi connectivity index (χ3v) is 4.33. The number of carbonyl (C=O) groups is 1. The smallest absolute Gasteiger partial charge is 0.223 e. The van der Waals surface area contributed by atoms with E-state index in [-0.39, 0.29) is 33.5 Å². The van der Waals surface area contributed by atoms with Crippen LogP contribution < -0.4 is 15.7 Å². The Labute approximate surface area is 153 Å². The highest BCUT2D eigenvalue weighted by Crippen LogP contribution is 2.33. The van der Waals surface area contributed by atoms with E-state index in [1.807, 2.05) is 0 Å². The largest absolute Gasteiger partial charge is 0.495 e. The van der Waals surface area contributed by atoms with E-state index >= 15 is 0 Å². The van der Waals surface area contributed by atoms with Crippen LogP contribution in [0.25, 0.3) is 21.9 Å². The molecule has 27 heavy (non-hydrogen) atoms. The minimum Gasteiger partial charge on any atom is -0.495 e. The summed E-state index contributed by atoms with van der Waals surface area (Å²) in [5.74, 6) is 0.363. The van der Waals surface area contributed by atoms with E-state index in [2.05, 4.69) is 0 Å². The van der Waals surface area contributed by atoms with E-state index in [1.165, 1.54) is 25.3 Å². The molecule has 0 aliphatic heterocycles. The summed E-state index contributed by atoms with van der Waals surface area (Å²) in [6, 6.07) is 13.1. The van der Waals surface area contributed by atoms with Gasteiger partial charge in [0.15, 0.2) is 11.2 Å². The van der Waals surface area contributed by atoms with E-state index in [9.17, 15) is 9.59 Å². The fourth-order valence-electron chi connectivity index (χ4n) is 3.12. The molecule has 2 aromatic heterocycles. The van der Waals surface area contributed by atoms with Crippen LogP contribution in [0.3, 0.4) is 0 Å². The molecule has 0 atom stereocenters. The van der Waals surface area contributed by atoms with Gasteiger partial charge in [-0.25, -0.2) is 0 Å². The number of hydrogen-bond donors (Lipinski definition) is 1. The van der Waals surface area contributed by atoms with Gasteiger partial charge in [-0.05, 0) is 13.0 Å². The average molecular weight is 361 g/mol. The van der Waals surface area contributed by atoms with Gasteiger partial charge in [0.2, 0.25) is 5.55 Å². The molecule has 6 heteroatoms. The monoisotopic (exact) mass is 361 g/mol. The summed E-state index contributed by atoms with van der Waals surface area (Å²) >= 11 is 0. The van der Waals surface area contributed by atoms with Crippen LogP contribution in [0.4, 0.5) is 0 Å². The first-order valence-electron chi connectivity index (χ1n) is 8.23. The molecule has 0 fully saturated rings. The van der Waals surface area contributed by atoms with Crippen LogP contribution in [0.2, 0.25) is 0 Å². The number of ketones is 1. The van der Waals surface area contributed by atoms with E-state index in [1.54, 1.807) is 37.3 Å². The number of aryl methyl sites for hydroxylation is 1. The molecule has 134 valence electrons. The maximum absolute atomic E-state index is 12.8. The van der Waals surface area contributed by atoms with Crippen molar-refractivity contribution in [3.63, 3.8) is 0 Å². The third-order valence-electron chi connectivity index (χ3n) is 4.33. The molecular formula is C21H15NO5. The highest BCUT2D eigenvalue weighted by molar-refractivity contribution is 6.11. The van der Waals surface area contributed by atoms with Gasteiger partial charge < -0.3 is 13.6 Å². The predicted octanol–water partition coefficient (Wildman–Crippen LogP) is 3.57. The van der Waals surface area contributed by atoms with Crippen LogP contribution in [0.5, 0.6) is 5.75 Å². The second-order valence-corrected chi connectivity index (χ2v) is 6.10. The van der Waals surface area contributed by atoms with Gasteiger partial charge in [-0.1, -0.05) is 30.3 Å². The highest BCUT2D eigenvalue weighted by atomic mass is 16.5. The number of fused-ring (bicyclic) bond motifs is 2. The summed E-state index contributed by atoms with van der Waals surface area (Å²) in [5.41, 5.74) is 0.599. The van der Waals surface area contributed by atoms with Crippen molar-refractivity contribution in [2.24, 2.45) is 0 Å². The molecule has 0 radical (unpaired) electrons. The first-order chi connectivity index (χ1) is 13.0. The number of rotatable bonds is 3. The summed E-state index contributed by atoms with van der Waals surface area (Å²) in [5, 5.41) is 8.82. The first kappa shape index (κ1) is 16.8. The van der Waals surface area contributed by atoms with Gasteiger partial charge in [0.1, 0.15) is 28.1 Å². The third kappa shape index (κ3) is 2.71. The Kier molecular flexibility index (Phi) is 3.88. The van der Waals surface area contributed by atoms with Crippen molar-refractivity contribution in [1.82, 2.24) is 0 Å². The molecule has 0 saturated carbocycles. The molecule has 0 spiro atoms. The van der Waals surface area contributed by atoms with Crippen molar-refractivity contribution in [2.75, 3.05) is 7.11 Å². The van der Waals surface area contributed by atoms with E-state index in [0.717, 1.165) is 0 Å². The van der Waals surface area contributed by atoms with Crippen LogP contribution in [-0.4, -0.2) is 12.9 Å². The van der Waals surface area contributed by atoms with Crippen molar-refractivity contribution in [1.29, 1.82) is 5.41 Å². The Morgan fingerprint density at radius 2 is 1.78 bits per heavy atom. The zero-order valence-corrected chi connectivity index (χ0v) is 14.7. The lowest BCUT2D eigenvalue weighted by Gasteiger charge is -2.10. The Morgan fingerprint density at radius 3 is 2.48 bits per heavy atom. The normalized spacial score (nSPS) is 11.0. The molecule has 0 aliphatic carbocycles. The maximum Gasteiger partial charge on any atom is 0.223 e. The quantitative estimate of drug-likeness (QED) is 0.445. The van der Waals surface area contributed by atoms with Crippen LogP contribution in [-0.2, 0) is 0 Å². The SMILES string of the molecule is COc1c2cc(C(=O)c3ccccc3)c(=N)oc2cc2oc(C)cc(=O)c12. The molecule has 0 aliphatic rings. The first-order valence-corrected chi connectivity index (χ1v) is 8.23. The lowest BCUT2D eigenvalue weighted by atomic mass is 10.0. The van der Waals surface area contributed by atoms with Crippen molar-refractivity contribution in [3.05, 3.63) is 81.2 Å². The molecule has 0 bridgehead atoms. The fraction of sp³-hybridized carbons (Fsp3) is 0.0952. The molecule has 2 aromatic carbocycles. The number of nitrogens with one attached hydrogen (secondary N) is 1. The number of methoxy groups -OCH3 is 1. The van der Waals surface area contributed by atoms with E-state index < -0.39 is 0 Å². The van der Waals surface area contributed by atoms with Crippen LogP contribution in [0.1, 0.15) is 21.7 Å². The zero-order valence-electron chi connectivity index (χ0n) is 14.7. The topological polar surface area (TPSA) is 93.5 Å². The molecule has 6 nitrogen and oxygen atoms in total. The summed E-state index contributed by atoms with van der Waals surface area (Å²) in [4.78, 5) is 25.2. The lowest BCUT2D eigenvalue weighted by molar-refractivity contribution is 0.103. The van der Waals surface area contributed by atoms with Gasteiger partial charge in [0.05, 0.1) is 18.1 Å². The predicted molar refractivity (Wildman–Crippen MR) is 99.3 cm³/mol. The molecule has 4 rings (SSSR count). The molecule has 1 N–H and O–H groups in total. The number of hydrogen-bond acceptors (Lipinski definition) is 6. The Morgan fingerprint density at radius 1 is 1.04 bits per heavy atom. The van der Waals surface area contributed by atoms with E-state index in [4.69, 9.17) is 19.0 Å². The van der Waals surface area contributed by atoms with Crippen LogP contribution >= 0.6 is 0 Å². The molecule has 2 heterocycles. The Hall–Kier alpha value is -3.67. The number of benzene rings is 2. The fourth-order valence-corrected chi connectivity index (χ4v) is 3.12. The van der Waals surface area contributed by atoms with Gasteiger partial charge in [-0.3, -0.25) is 15.0 Å². The van der Waals surface area contributed by atoms with Gasteiger partial charge in [-0.15, -0.1) is 0 Å². The van der Waals surface area contributed by atoms with Crippen molar-refractivity contribution >= 4 is 27.7 Å². The standard InChI is InChI=1S/C21H15NO5/c1-11-8-15(23)18-17(26-11)10-16-13(20(18)25-2)9-14(21(22)27-16)19(24)12-6-4-3-5-7-12/h3-10,22H,1-2H3. The second-order valence-electron chi connectivity index (χ2n) is 6.10. The summed E-state index contributed by atoms with van der Waals surface area (Å²) in [6.07, 6.45) is 0. The average Bonchev–Trinajstić information content (AvgIpc) is 2.65. The minimum atomic E-state index is -0.343. The molecular weight excluding hydrogens is 346 g/mol. The van der Waals surface area contributed by atoms with Crippen LogP contribution in [0.15, 0.2) is 62.2 Å². The van der Waals surface area contributed by atoms with Gasteiger partial charge >= 0.3 is 0 Å².